The van der Waals surface area contributed by atoms with Crippen molar-refractivity contribution in [1.29, 1.82) is 0 Å². The van der Waals surface area contributed by atoms with E-state index in [-0.39, 0.29) is 35.4 Å². The molecule has 7 atom stereocenters. The van der Waals surface area contributed by atoms with E-state index < -0.39 is 35.5 Å². The van der Waals surface area contributed by atoms with Crippen LogP contribution in [0.5, 0.6) is 0 Å². The number of carbonyl (C=O) groups is 3. The first-order chi connectivity index (χ1) is 14.1. The Morgan fingerprint density at radius 3 is 2.60 bits per heavy atom. The fourth-order valence-electron chi connectivity index (χ4n) is 7.75. The van der Waals surface area contributed by atoms with Crippen molar-refractivity contribution in [3.05, 3.63) is 11.6 Å². The Morgan fingerprint density at radius 2 is 1.93 bits per heavy atom. The summed E-state index contributed by atoms with van der Waals surface area (Å²) in [6, 6.07) is 0. The third-order valence-corrected chi connectivity index (χ3v) is 9.19. The summed E-state index contributed by atoms with van der Waals surface area (Å²) in [6.45, 7) is 5.18. The lowest BCUT2D eigenvalue weighted by Crippen LogP contribution is -2.63. The molecule has 6 heteroatoms. The Bertz CT molecular complexity index is 802. The van der Waals surface area contributed by atoms with Crippen LogP contribution in [-0.4, -0.2) is 46.1 Å². The minimum atomic E-state index is -1.37. The molecule has 0 unspecified atom stereocenters. The third kappa shape index (κ3) is 2.79. The van der Waals surface area contributed by atoms with Gasteiger partial charge < -0.3 is 14.9 Å². The topological polar surface area (TPSA) is 101 Å². The Balaban J connectivity index is 1.75. The van der Waals surface area contributed by atoms with Crippen LogP contribution < -0.4 is 0 Å². The van der Waals surface area contributed by atoms with Crippen LogP contribution in [0.15, 0.2) is 11.6 Å². The molecule has 0 saturated heterocycles. The number of ether oxygens (including phenoxy) is 1. The number of Topliss-reactive ketones (excluding diaryl/α,β-unsaturated/α-hetero) is 1. The van der Waals surface area contributed by atoms with Crippen LogP contribution in [0.4, 0.5) is 0 Å². The number of esters is 1. The molecular weight excluding hydrogens is 384 g/mol. The quantitative estimate of drug-likeness (QED) is 0.681. The smallest absolute Gasteiger partial charge is 0.306 e. The molecule has 0 aromatic heterocycles. The average Bonchev–Trinajstić information content (AvgIpc) is 3.00. The van der Waals surface area contributed by atoms with Gasteiger partial charge in [-0.15, -0.1) is 0 Å². The van der Waals surface area contributed by atoms with E-state index in [1.165, 1.54) is 0 Å². The van der Waals surface area contributed by atoms with Gasteiger partial charge in [-0.05, 0) is 67.8 Å². The average molecular weight is 419 g/mol. The van der Waals surface area contributed by atoms with Gasteiger partial charge in [0.25, 0.3) is 0 Å². The first-order valence-corrected chi connectivity index (χ1v) is 11.4. The van der Waals surface area contributed by atoms with Crippen LogP contribution in [-0.2, 0) is 19.1 Å². The molecule has 3 saturated carbocycles. The number of hydrogen-bond acceptors (Lipinski definition) is 6. The second-order valence-electron chi connectivity index (χ2n) is 10.4. The zero-order valence-corrected chi connectivity index (χ0v) is 18.3. The normalized spacial score (nSPS) is 45.1. The van der Waals surface area contributed by atoms with Gasteiger partial charge in [-0.1, -0.05) is 26.3 Å². The maximum Gasteiger partial charge on any atom is 0.306 e. The number of hydrogen-bond donors (Lipinski definition) is 2. The van der Waals surface area contributed by atoms with Crippen LogP contribution in [0.1, 0.15) is 72.1 Å². The van der Waals surface area contributed by atoms with Crippen molar-refractivity contribution in [2.24, 2.45) is 28.6 Å². The lowest BCUT2D eigenvalue weighted by atomic mass is 9.45. The first kappa shape index (κ1) is 21.7. The van der Waals surface area contributed by atoms with Crippen LogP contribution in [0, 0.1) is 28.6 Å². The van der Waals surface area contributed by atoms with Crippen LogP contribution >= 0.6 is 0 Å². The highest BCUT2D eigenvalue weighted by Crippen LogP contribution is 2.68. The van der Waals surface area contributed by atoms with E-state index in [4.69, 9.17) is 4.74 Å². The zero-order chi connectivity index (χ0) is 21.9. The van der Waals surface area contributed by atoms with Crippen molar-refractivity contribution in [2.75, 3.05) is 6.61 Å². The monoisotopic (exact) mass is 418 g/mol. The predicted molar refractivity (Wildman–Crippen MR) is 109 cm³/mol. The summed E-state index contributed by atoms with van der Waals surface area (Å²) in [5, 5.41) is 21.2. The highest BCUT2D eigenvalue weighted by molar-refractivity contribution is 5.92. The summed E-state index contributed by atoms with van der Waals surface area (Å²) in [5.41, 5.74) is -1.12. The summed E-state index contributed by atoms with van der Waals surface area (Å²) in [6.07, 6.45) is 5.77. The number of allylic oxidation sites excluding steroid dienone is 1. The molecule has 0 aliphatic heterocycles. The standard InChI is InChI=1S/C24H34O6/c1-4-20(29)30-24(19(28)13-25)10-8-17-16-6-5-14-11-15(26)7-9-22(14,2)21(16)18(27)12-23(17,24)3/h11,16-18,21,25,27H,4-10,12-13H2,1-3H3/t16-,17+,18-,21-,22-,23+,24-/m0/s1. The largest absolute Gasteiger partial charge is 0.450 e. The van der Waals surface area contributed by atoms with Crippen molar-refractivity contribution in [1.82, 2.24) is 0 Å². The highest BCUT2D eigenvalue weighted by Gasteiger charge is 2.70. The molecular formula is C24H34O6. The van der Waals surface area contributed by atoms with E-state index in [9.17, 15) is 24.6 Å². The van der Waals surface area contributed by atoms with Gasteiger partial charge in [0, 0.05) is 18.3 Å². The molecule has 4 aliphatic rings. The molecule has 4 aliphatic carbocycles. The Kier molecular flexibility index (Phi) is 5.25. The van der Waals surface area contributed by atoms with E-state index >= 15 is 0 Å². The minimum Gasteiger partial charge on any atom is -0.450 e. The van der Waals surface area contributed by atoms with Crippen molar-refractivity contribution in [2.45, 2.75) is 83.8 Å². The number of rotatable bonds is 4. The van der Waals surface area contributed by atoms with Gasteiger partial charge in [0.1, 0.15) is 6.61 Å². The summed E-state index contributed by atoms with van der Waals surface area (Å²) in [4.78, 5) is 37.3. The van der Waals surface area contributed by atoms with Gasteiger partial charge in [0.15, 0.2) is 11.4 Å². The first-order valence-electron chi connectivity index (χ1n) is 11.4. The van der Waals surface area contributed by atoms with Gasteiger partial charge in [-0.25, -0.2) is 0 Å². The van der Waals surface area contributed by atoms with E-state index in [0.29, 0.717) is 19.3 Å². The Hall–Kier alpha value is -1.53. The number of ketones is 2. The zero-order valence-electron chi connectivity index (χ0n) is 18.3. The lowest BCUT2D eigenvalue weighted by molar-refractivity contribution is -0.202. The van der Waals surface area contributed by atoms with Crippen LogP contribution in [0.3, 0.4) is 0 Å². The van der Waals surface area contributed by atoms with Crippen LogP contribution in [0.25, 0.3) is 0 Å². The second-order valence-corrected chi connectivity index (χ2v) is 10.4. The van der Waals surface area contributed by atoms with E-state index in [0.717, 1.165) is 31.3 Å². The van der Waals surface area contributed by atoms with Gasteiger partial charge in [-0.3, -0.25) is 14.4 Å². The van der Waals surface area contributed by atoms with Gasteiger partial charge in [0.2, 0.25) is 5.78 Å². The van der Waals surface area contributed by atoms with Gasteiger partial charge in [0.05, 0.1) is 6.10 Å². The molecule has 3 fully saturated rings. The van der Waals surface area contributed by atoms with Crippen molar-refractivity contribution in [3.63, 3.8) is 0 Å². The van der Waals surface area contributed by atoms with E-state index in [1.54, 1.807) is 13.0 Å². The Labute approximate surface area is 178 Å². The summed E-state index contributed by atoms with van der Waals surface area (Å²) in [5.74, 6) is -0.362. The summed E-state index contributed by atoms with van der Waals surface area (Å²) < 4.78 is 5.83. The Morgan fingerprint density at radius 1 is 1.20 bits per heavy atom. The molecule has 4 rings (SSSR count). The molecule has 0 bridgehead atoms. The lowest BCUT2D eigenvalue weighted by Gasteiger charge is -2.60. The van der Waals surface area contributed by atoms with Crippen molar-refractivity contribution < 1.29 is 29.3 Å². The molecule has 0 spiro atoms. The highest BCUT2D eigenvalue weighted by atomic mass is 16.6. The van der Waals surface area contributed by atoms with Crippen molar-refractivity contribution >= 4 is 17.5 Å². The summed E-state index contributed by atoms with van der Waals surface area (Å²) >= 11 is 0. The molecule has 2 N–H and O–H groups in total. The number of fused-ring (bicyclic) bond motifs is 5. The van der Waals surface area contributed by atoms with Crippen molar-refractivity contribution in [3.8, 4) is 0 Å². The maximum atomic E-state index is 13.0. The predicted octanol–water partition coefficient (Wildman–Crippen LogP) is 2.74. The van der Waals surface area contributed by atoms with E-state index in [1.807, 2.05) is 6.92 Å². The fraction of sp³-hybridized carbons (Fsp3) is 0.792. The number of aliphatic hydroxyl groups is 2. The van der Waals surface area contributed by atoms with Gasteiger partial charge >= 0.3 is 5.97 Å². The van der Waals surface area contributed by atoms with Gasteiger partial charge in [-0.2, -0.15) is 0 Å². The van der Waals surface area contributed by atoms with E-state index in [2.05, 4.69) is 6.92 Å². The molecule has 0 heterocycles. The minimum absolute atomic E-state index is 0.0329. The molecule has 0 aromatic carbocycles. The second kappa shape index (κ2) is 7.27. The van der Waals surface area contributed by atoms with Crippen LogP contribution in [0.2, 0.25) is 0 Å². The molecule has 0 amide bonds. The molecule has 0 radical (unpaired) electrons. The fourth-order valence-corrected chi connectivity index (χ4v) is 7.75. The SMILES string of the molecule is CCC(=O)O[C@]1(C(=O)CO)CC[C@@H]2[C@@H]3CCC4=CC(=O)CC[C@]4(C)[C@@H]3[C@@H](O)C[C@]21C. The maximum absolute atomic E-state index is 13.0. The molecule has 30 heavy (non-hydrogen) atoms. The molecule has 166 valence electrons. The summed E-state index contributed by atoms with van der Waals surface area (Å²) in [7, 11) is 0. The number of carbonyl (C=O) groups excluding carboxylic acids is 3. The molecule has 0 aromatic rings. The molecule has 6 nitrogen and oxygen atoms in total. The third-order valence-electron chi connectivity index (χ3n) is 9.19. The number of aliphatic hydroxyl groups excluding tert-OH is 2.